The summed E-state index contributed by atoms with van der Waals surface area (Å²) in [5, 5.41) is 10.3. The number of nitrogen functional groups attached to an aromatic ring is 1. The SMILES string of the molecule is CC(=O)N1CCCN(c2cc(-n3nc(Nc4ccc(NC(=O)OCC(C)(C)C)cc4)nc3N)ncn2)CC1. The molecule has 0 atom stereocenters. The molecule has 0 radical (unpaired) electrons. The van der Waals surface area contributed by atoms with Gasteiger partial charge in [0.1, 0.15) is 12.1 Å². The van der Waals surface area contributed by atoms with Gasteiger partial charge in [-0.2, -0.15) is 9.67 Å². The fraction of sp³-hybridized carbons (Fsp3) is 0.440. The van der Waals surface area contributed by atoms with Crippen molar-refractivity contribution in [2.45, 2.75) is 34.1 Å². The highest BCUT2D eigenvalue weighted by atomic mass is 16.5. The summed E-state index contributed by atoms with van der Waals surface area (Å²) in [6, 6.07) is 8.85. The van der Waals surface area contributed by atoms with Gasteiger partial charge in [-0.1, -0.05) is 20.8 Å². The van der Waals surface area contributed by atoms with Gasteiger partial charge in [0.05, 0.1) is 6.61 Å². The molecule has 1 saturated heterocycles. The summed E-state index contributed by atoms with van der Waals surface area (Å²) < 4.78 is 6.67. The first kappa shape index (κ1) is 26.6. The Morgan fingerprint density at radius 2 is 1.74 bits per heavy atom. The molecule has 1 aromatic carbocycles. The summed E-state index contributed by atoms with van der Waals surface area (Å²) in [6.07, 6.45) is 1.81. The van der Waals surface area contributed by atoms with Gasteiger partial charge in [0.15, 0.2) is 5.82 Å². The van der Waals surface area contributed by atoms with Gasteiger partial charge >= 0.3 is 6.09 Å². The second-order valence-electron chi connectivity index (χ2n) is 10.3. The molecule has 4 N–H and O–H groups in total. The predicted molar refractivity (Wildman–Crippen MR) is 145 cm³/mol. The Labute approximate surface area is 221 Å². The third-order valence-corrected chi connectivity index (χ3v) is 5.78. The molecule has 2 amide bonds. The van der Waals surface area contributed by atoms with E-state index in [1.807, 2.05) is 25.7 Å². The van der Waals surface area contributed by atoms with Crippen LogP contribution in [0, 0.1) is 5.41 Å². The van der Waals surface area contributed by atoms with Crippen LogP contribution in [-0.4, -0.2) is 74.4 Å². The topological polar surface area (TPSA) is 156 Å². The molecule has 0 unspecified atom stereocenters. The largest absolute Gasteiger partial charge is 0.449 e. The van der Waals surface area contributed by atoms with Crippen LogP contribution in [0.1, 0.15) is 34.1 Å². The molecule has 0 aliphatic carbocycles. The number of nitrogens with one attached hydrogen (secondary N) is 2. The lowest BCUT2D eigenvalue weighted by Crippen LogP contribution is -2.33. The number of carbonyl (C=O) groups is 2. The number of benzene rings is 1. The Morgan fingerprint density at radius 1 is 1.03 bits per heavy atom. The van der Waals surface area contributed by atoms with Crippen molar-refractivity contribution in [3.63, 3.8) is 0 Å². The lowest BCUT2D eigenvalue weighted by molar-refractivity contribution is -0.128. The number of amides is 2. The molecular formula is C25H34N10O3. The second-order valence-corrected chi connectivity index (χ2v) is 10.3. The molecule has 13 nitrogen and oxygen atoms in total. The molecule has 2 aromatic heterocycles. The molecule has 3 aromatic rings. The molecule has 202 valence electrons. The minimum atomic E-state index is -0.505. The van der Waals surface area contributed by atoms with Gasteiger partial charge in [-0.25, -0.2) is 14.8 Å². The normalized spacial score (nSPS) is 14.1. The van der Waals surface area contributed by atoms with Crippen LogP contribution in [-0.2, 0) is 9.53 Å². The van der Waals surface area contributed by atoms with Gasteiger partial charge in [-0.05, 0) is 36.1 Å². The van der Waals surface area contributed by atoms with Crippen molar-refractivity contribution >= 4 is 41.1 Å². The zero-order valence-electron chi connectivity index (χ0n) is 22.1. The van der Waals surface area contributed by atoms with Crippen LogP contribution in [0.25, 0.3) is 5.82 Å². The zero-order chi connectivity index (χ0) is 27.3. The van der Waals surface area contributed by atoms with Crippen molar-refractivity contribution < 1.29 is 14.3 Å². The number of rotatable bonds is 6. The second kappa shape index (κ2) is 11.3. The number of hydrogen-bond acceptors (Lipinski definition) is 10. The monoisotopic (exact) mass is 522 g/mol. The molecule has 0 saturated carbocycles. The Hall–Kier alpha value is -4.42. The molecule has 13 heteroatoms. The van der Waals surface area contributed by atoms with E-state index in [2.05, 4.69) is 35.6 Å². The van der Waals surface area contributed by atoms with Crippen LogP contribution in [0.2, 0.25) is 0 Å². The number of carbonyl (C=O) groups excluding carboxylic acids is 2. The minimum absolute atomic E-state index is 0.0788. The molecule has 0 bridgehead atoms. The van der Waals surface area contributed by atoms with Crippen molar-refractivity contribution in [2.24, 2.45) is 5.41 Å². The Balaban J connectivity index is 1.40. The Morgan fingerprint density at radius 3 is 2.45 bits per heavy atom. The third-order valence-electron chi connectivity index (χ3n) is 5.78. The van der Waals surface area contributed by atoms with Gasteiger partial charge in [0.2, 0.25) is 17.8 Å². The van der Waals surface area contributed by atoms with Crippen LogP contribution in [0.5, 0.6) is 0 Å². The number of ether oxygens (including phenoxy) is 1. The van der Waals surface area contributed by atoms with Crippen LogP contribution < -0.4 is 21.3 Å². The van der Waals surface area contributed by atoms with E-state index >= 15 is 0 Å². The van der Waals surface area contributed by atoms with Gasteiger partial charge in [0, 0.05) is 50.5 Å². The summed E-state index contributed by atoms with van der Waals surface area (Å²) in [6.45, 7) is 10.7. The quantitative estimate of drug-likeness (QED) is 0.440. The Kier molecular flexibility index (Phi) is 7.93. The first-order valence-corrected chi connectivity index (χ1v) is 12.4. The summed E-state index contributed by atoms with van der Waals surface area (Å²) >= 11 is 0. The van der Waals surface area contributed by atoms with Crippen molar-refractivity contribution in [1.29, 1.82) is 0 Å². The molecule has 1 aliphatic rings. The molecule has 3 heterocycles. The van der Waals surface area contributed by atoms with Crippen LogP contribution in [0.3, 0.4) is 0 Å². The maximum atomic E-state index is 12.0. The number of aromatic nitrogens is 5. The van der Waals surface area contributed by atoms with E-state index in [1.165, 1.54) is 11.0 Å². The molecule has 1 fully saturated rings. The maximum absolute atomic E-state index is 12.0. The van der Waals surface area contributed by atoms with Crippen LogP contribution >= 0.6 is 0 Å². The summed E-state index contributed by atoms with van der Waals surface area (Å²) in [5.74, 6) is 1.74. The molecule has 0 spiro atoms. The third kappa shape index (κ3) is 7.08. The average molecular weight is 523 g/mol. The van der Waals surface area contributed by atoms with E-state index in [0.29, 0.717) is 42.8 Å². The number of hydrogen-bond donors (Lipinski definition) is 3. The van der Waals surface area contributed by atoms with Gasteiger partial charge in [0.25, 0.3) is 0 Å². The maximum Gasteiger partial charge on any atom is 0.411 e. The van der Waals surface area contributed by atoms with Gasteiger partial charge in [-0.15, -0.1) is 5.10 Å². The zero-order valence-corrected chi connectivity index (χ0v) is 22.1. The van der Waals surface area contributed by atoms with E-state index in [1.54, 1.807) is 37.3 Å². The number of nitrogens with two attached hydrogens (primary N) is 1. The van der Waals surface area contributed by atoms with E-state index in [0.717, 1.165) is 25.3 Å². The minimum Gasteiger partial charge on any atom is -0.449 e. The highest BCUT2D eigenvalue weighted by Gasteiger charge is 2.19. The molecule has 4 rings (SSSR count). The highest BCUT2D eigenvalue weighted by Crippen LogP contribution is 2.21. The predicted octanol–water partition coefficient (Wildman–Crippen LogP) is 3.04. The van der Waals surface area contributed by atoms with E-state index < -0.39 is 6.09 Å². The fourth-order valence-corrected chi connectivity index (χ4v) is 3.84. The first-order chi connectivity index (χ1) is 18.1. The van der Waals surface area contributed by atoms with Gasteiger partial charge in [-0.3, -0.25) is 10.1 Å². The Bertz CT molecular complexity index is 1270. The lowest BCUT2D eigenvalue weighted by atomic mass is 9.99. The summed E-state index contributed by atoms with van der Waals surface area (Å²) in [4.78, 5) is 40.7. The van der Waals surface area contributed by atoms with Crippen LogP contribution in [0.15, 0.2) is 36.7 Å². The summed E-state index contributed by atoms with van der Waals surface area (Å²) in [5.41, 5.74) is 7.34. The molecule has 1 aliphatic heterocycles. The smallest absolute Gasteiger partial charge is 0.411 e. The number of anilines is 5. The standard InChI is InChI=1S/C25H34N10O3/c1-17(36)33-10-5-11-34(13-12-33)20-14-21(28-16-27-20)35-22(26)31-23(32-35)29-18-6-8-19(9-7-18)30-24(37)38-15-25(2,3)4/h6-9,14,16H,5,10-13,15H2,1-4H3,(H,30,37)(H3,26,29,31,32). The highest BCUT2D eigenvalue weighted by molar-refractivity contribution is 5.85. The average Bonchev–Trinajstić information content (AvgIpc) is 3.07. The van der Waals surface area contributed by atoms with Crippen molar-refractivity contribution in [1.82, 2.24) is 29.6 Å². The first-order valence-electron chi connectivity index (χ1n) is 12.4. The van der Waals surface area contributed by atoms with Crippen molar-refractivity contribution in [3.8, 4) is 5.82 Å². The van der Waals surface area contributed by atoms with E-state index in [-0.39, 0.29) is 17.3 Å². The van der Waals surface area contributed by atoms with Crippen molar-refractivity contribution in [3.05, 3.63) is 36.7 Å². The van der Waals surface area contributed by atoms with E-state index in [9.17, 15) is 9.59 Å². The van der Waals surface area contributed by atoms with Crippen molar-refractivity contribution in [2.75, 3.05) is 54.1 Å². The van der Waals surface area contributed by atoms with Crippen LogP contribution in [0.4, 0.5) is 33.9 Å². The molecular weight excluding hydrogens is 488 g/mol. The molecule has 38 heavy (non-hydrogen) atoms. The number of nitrogens with zero attached hydrogens (tertiary/aromatic N) is 7. The van der Waals surface area contributed by atoms with E-state index in [4.69, 9.17) is 10.5 Å². The lowest BCUT2D eigenvalue weighted by Gasteiger charge is -2.22. The summed E-state index contributed by atoms with van der Waals surface area (Å²) in [7, 11) is 0. The van der Waals surface area contributed by atoms with Gasteiger partial charge < -0.3 is 25.6 Å². The fourth-order valence-electron chi connectivity index (χ4n) is 3.84.